The second-order valence-electron chi connectivity index (χ2n) is 3.46. The topological polar surface area (TPSA) is 98.0 Å². The quantitative estimate of drug-likeness (QED) is 0.701. The van der Waals surface area contributed by atoms with Crippen LogP contribution in [0.3, 0.4) is 0 Å². The molecule has 0 saturated heterocycles. The fourth-order valence-electron chi connectivity index (χ4n) is 1.04. The van der Waals surface area contributed by atoms with Crippen molar-refractivity contribution in [1.29, 1.82) is 0 Å². The Hall–Kier alpha value is -0.960. The zero-order valence-corrected chi connectivity index (χ0v) is 11.2. The molecular weight excluding hydrogens is 264 g/mol. The molecule has 0 bridgehead atoms. The van der Waals surface area contributed by atoms with Crippen molar-refractivity contribution in [3.8, 4) is 0 Å². The summed E-state index contributed by atoms with van der Waals surface area (Å²) in [6, 6.07) is 0. The first kappa shape index (κ1) is 14.1. The molecule has 0 aromatic carbocycles. The van der Waals surface area contributed by atoms with Gasteiger partial charge in [0.05, 0.1) is 5.75 Å². The fraction of sp³-hybridized carbons (Fsp3) is 0.750. The third-order valence-electron chi connectivity index (χ3n) is 2.14. The number of aryl methyl sites for hydroxylation is 1. The van der Waals surface area contributed by atoms with Crippen molar-refractivity contribution in [2.24, 2.45) is 0 Å². The molecule has 0 radical (unpaired) electrons. The van der Waals surface area contributed by atoms with E-state index in [1.54, 1.807) is 6.26 Å². The summed E-state index contributed by atoms with van der Waals surface area (Å²) in [5.41, 5.74) is 0. The van der Waals surface area contributed by atoms with Crippen molar-refractivity contribution < 1.29 is 14.1 Å². The molecule has 2 atom stereocenters. The molecule has 0 aliphatic carbocycles. The first-order valence-corrected chi connectivity index (χ1v) is 7.54. The molecule has 9 heteroatoms. The molecule has 17 heavy (non-hydrogen) atoms. The monoisotopic (exact) mass is 278 g/mol. The van der Waals surface area contributed by atoms with E-state index in [0.717, 1.165) is 11.8 Å². The van der Waals surface area contributed by atoms with Gasteiger partial charge in [-0.15, -0.1) is 5.10 Å². The average molecular weight is 278 g/mol. The number of carboxylic acid groups (broad SMARTS) is 1. The smallest absolute Gasteiger partial charge is 0.313 e. The summed E-state index contributed by atoms with van der Waals surface area (Å²) >= 11 is 1.07. The molecule has 0 aliphatic heterocycles. The van der Waals surface area contributed by atoms with Gasteiger partial charge in [0.2, 0.25) is 5.16 Å². The van der Waals surface area contributed by atoms with Crippen LogP contribution in [-0.2, 0) is 22.1 Å². The molecule has 1 heterocycles. The Morgan fingerprint density at radius 3 is 2.94 bits per heavy atom. The summed E-state index contributed by atoms with van der Waals surface area (Å²) in [6.07, 6.45) is 2.35. The van der Waals surface area contributed by atoms with Gasteiger partial charge < -0.3 is 5.11 Å². The van der Waals surface area contributed by atoms with Gasteiger partial charge in [0.25, 0.3) is 0 Å². The van der Waals surface area contributed by atoms with Crippen LogP contribution in [-0.4, -0.2) is 52.8 Å². The lowest BCUT2D eigenvalue weighted by molar-refractivity contribution is -0.133. The minimum Gasteiger partial charge on any atom is -0.481 e. The van der Waals surface area contributed by atoms with E-state index >= 15 is 0 Å². The van der Waals surface area contributed by atoms with Crippen LogP contribution in [0, 0.1) is 0 Å². The van der Waals surface area contributed by atoms with Crippen molar-refractivity contribution in [3.63, 3.8) is 0 Å². The minimum absolute atomic E-state index is 0.0662. The van der Waals surface area contributed by atoms with Crippen molar-refractivity contribution >= 4 is 28.5 Å². The molecule has 7 nitrogen and oxygen atoms in total. The van der Waals surface area contributed by atoms with Gasteiger partial charge in [-0.2, -0.15) is 0 Å². The zero-order valence-electron chi connectivity index (χ0n) is 9.57. The SMILES string of the molecule is CC(CCn1nnnc1SCC(=O)O)S(C)=O. The lowest BCUT2D eigenvalue weighted by atomic mass is 10.3. The molecular formula is C8H14N4O3S2. The second kappa shape index (κ2) is 6.70. The van der Waals surface area contributed by atoms with Crippen molar-refractivity contribution in [2.75, 3.05) is 12.0 Å². The molecule has 96 valence electrons. The molecule has 1 rings (SSSR count). The molecule has 1 N–H and O–H groups in total. The summed E-state index contributed by atoms with van der Waals surface area (Å²) in [4.78, 5) is 10.4. The predicted octanol–water partition coefficient (Wildman–Crippen LogP) is 0.00690. The number of nitrogens with zero attached hydrogens (tertiary/aromatic N) is 4. The van der Waals surface area contributed by atoms with E-state index in [4.69, 9.17) is 5.11 Å². The summed E-state index contributed by atoms with van der Waals surface area (Å²) in [5.74, 6) is -0.983. The highest BCUT2D eigenvalue weighted by Gasteiger charge is 2.11. The Bertz CT molecular complexity index is 409. The Balaban J connectivity index is 2.51. The highest BCUT2D eigenvalue weighted by molar-refractivity contribution is 7.99. The standard InChI is InChI=1S/C8H14N4O3S2/c1-6(17(2)15)3-4-12-8(9-10-11-12)16-5-7(13)14/h6H,3-5H2,1-2H3,(H,13,14). The van der Waals surface area contributed by atoms with E-state index in [1.165, 1.54) is 4.68 Å². The van der Waals surface area contributed by atoms with Crippen molar-refractivity contribution in [2.45, 2.75) is 30.3 Å². The van der Waals surface area contributed by atoms with Gasteiger partial charge in [0, 0.05) is 28.9 Å². The lowest BCUT2D eigenvalue weighted by Crippen LogP contribution is -2.14. The molecule has 1 aromatic heterocycles. The molecule has 0 amide bonds. The van der Waals surface area contributed by atoms with Crippen molar-refractivity contribution in [1.82, 2.24) is 20.2 Å². The molecule has 0 aliphatic rings. The largest absolute Gasteiger partial charge is 0.481 e. The number of tetrazole rings is 1. The molecule has 2 unspecified atom stereocenters. The minimum atomic E-state index is -0.910. The van der Waals surface area contributed by atoms with E-state index in [2.05, 4.69) is 15.5 Å². The second-order valence-corrected chi connectivity index (χ2v) is 6.21. The van der Waals surface area contributed by atoms with Crippen LogP contribution in [0.15, 0.2) is 5.16 Å². The maximum absolute atomic E-state index is 11.2. The number of aromatic nitrogens is 4. The molecule has 1 aromatic rings. The number of aliphatic carboxylic acids is 1. The summed E-state index contributed by atoms with van der Waals surface area (Å²) < 4.78 is 12.7. The number of hydrogen-bond donors (Lipinski definition) is 1. The number of thioether (sulfide) groups is 1. The summed E-state index contributed by atoms with van der Waals surface area (Å²) in [6.45, 7) is 2.43. The highest BCUT2D eigenvalue weighted by Crippen LogP contribution is 2.14. The van der Waals surface area contributed by atoms with Gasteiger partial charge in [-0.1, -0.05) is 18.7 Å². The maximum atomic E-state index is 11.2. The van der Waals surface area contributed by atoms with Crippen LogP contribution in [0.4, 0.5) is 0 Å². The van der Waals surface area contributed by atoms with Crippen molar-refractivity contribution in [3.05, 3.63) is 0 Å². The molecule has 0 saturated carbocycles. The summed E-state index contributed by atoms with van der Waals surface area (Å²) in [5, 5.41) is 20.1. The van der Waals surface area contributed by atoms with Gasteiger partial charge in [-0.3, -0.25) is 9.00 Å². The highest BCUT2D eigenvalue weighted by atomic mass is 32.2. The van der Waals surface area contributed by atoms with Crippen LogP contribution >= 0.6 is 11.8 Å². The Morgan fingerprint density at radius 2 is 2.35 bits per heavy atom. The van der Waals surface area contributed by atoms with Gasteiger partial charge in [0.15, 0.2) is 0 Å². The number of rotatable bonds is 7. The van der Waals surface area contributed by atoms with E-state index in [9.17, 15) is 9.00 Å². The molecule has 0 spiro atoms. The Morgan fingerprint density at radius 1 is 1.65 bits per heavy atom. The normalized spacial score (nSPS) is 14.5. The number of hydrogen-bond acceptors (Lipinski definition) is 6. The zero-order chi connectivity index (χ0) is 12.8. The Labute approximate surface area is 105 Å². The average Bonchev–Trinajstić information content (AvgIpc) is 2.70. The van der Waals surface area contributed by atoms with E-state index < -0.39 is 16.8 Å². The van der Waals surface area contributed by atoms with Crippen LogP contribution in [0.25, 0.3) is 0 Å². The number of carbonyl (C=O) groups is 1. The third kappa shape index (κ3) is 4.82. The lowest BCUT2D eigenvalue weighted by Gasteiger charge is -2.08. The first-order valence-electron chi connectivity index (χ1n) is 4.93. The fourth-order valence-corrected chi connectivity index (χ4v) is 2.10. The first-order chi connectivity index (χ1) is 8.00. The predicted molar refractivity (Wildman–Crippen MR) is 64.3 cm³/mol. The van der Waals surface area contributed by atoms with E-state index in [-0.39, 0.29) is 11.0 Å². The maximum Gasteiger partial charge on any atom is 0.313 e. The van der Waals surface area contributed by atoms with Crippen LogP contribution in [0.1, 0.15) is 13.3 Å². The van der Waals surface area contributed by atoms with Gasteiger partial charge in [-0.05, 0) is 16.8 Å². The van der Waals surface area contributed by atoms with Crippen LogP contribution in [0.5, 0.6) is 0 Å². The summed E-state index contributed by atoms with van der Waals surface area (Å²) in [7, 11) is -0.872. The van der Waals surface area contributed by atoms with Crippen LogP contribution in [0.2, 0.25) is 0 Å². The molecule has 0 fully saturated rings. The number of carboxylic acids is 1. The van der Waals surface area contributed by atoms with Gasteiger partial charge >= 0.3 is 5.97 Å². The van der Waals surface area contributed by atoms with Crippen LogP contribution < -0.4 is 0 Å². The van der Waals surface area contributed by atoms with E-state index in [1.807, 2.05) is 6.92 Å². The van der Waals surface area contributed by atoms with Gasteiger partial charge in [-0.25, -0.2) is 4.68 Å². The third-order valence-corrected chi connectivity index (χ3v) is 4.45. The van der Waals surface area contributed by atoms with Gasteiger partial charge in [0.1, 0.15) is 0 Å². The van der Waals surface area contributed by atoms with E-state index in [0.29, 0.717) is 18.1 Å². The Kier molecular flexibility index (Phi) is 5.56.